The van der Waals surface area contributed by atoms with Gasteiger partial charge in [0, 0.05) is 12.1 Å². The molecular weight excluding hydrogens is 344 g/mol. The standard InChI is InChI=1S/C24H22N4/c1-17-15-21(16-18(2)22(17)19-9-5-3-6-10-19)28-24-23(25-13-14-26-24)27-20-11-7-4-8-12-20/h3-16H,1-2H3,(H,25,27)(H,26,28)/p+2. The van der Waals surface area contributed by atoms with E-state index in [1.807, 2.05) is 18.2 Å². The zero-order valence-electron chi connectivity index (χ0n) is 16.1. The normalized spacial score (nSPS) is 10.8. The minimum Gasteiger partial charge on any atom is -0.258 e. The van der Waals surface area contributed by atoms with E-state index in [4.69, 9.17) is 0 Å². The fourth-order valence-corrected chi connectivity index (χ4v) is 3.59. The molecule has 0 bridgehead atoms. The Bertz CT molecular complexity index is 1050. The van der Waals surface area contributed by atoms with Gasteiger partial charge in [-0.05, 0) is 48.2 Å². The first-order valence-corrected chi connectivity index (χ1v) is 9.43. The van der Waals surface area contributed by atoms with Crippen molar-refractivity contribution in [2.24, 2.45) is 0 Å². The van der Waals surface area contributed by atoms with Crippen molar-refractivity contribution < 1.29 is 10.6 Å². The van der Waals surface area contributed by atoms with E-state index in [1.165, 1.54) is 22.3 Å². The molecule has 4 N–H and O–H groups in total. The van der Waals surface area contributed by atoms with E-state index in [-0.39, 0.29) is 0 Å². The molecule has 138 valence electrons. The molecule has 0 fully saturated rings. The van der Waals surface area contributed by atoms with Gasteiger partial charge in [0.1, 0.15) is 11.4 Å². The highest BCUT2D eigenvalue weighted by Crippen LogP contribution is 2.29. The highest BCUT2D eigenvalue weighted by Gasteiger charge is 2.17. The lowest BCUT2D eigenvalue weighted by Gasteiger charge is -2.12. The Morgan fingerprint density at radius 1 is 0.607 bits per heavy atom. The number of hydrogen-bond donors (Lipinski definition) is 2. The topological polar surface area (TPSA) is 59.0 Å². The molecule has 4 nitrogen and oxygen atoms in total. The molecule has 28 heavy (non-hydrogen) atoms. The molecule has 4 rings (SSSR count). The molecule has 0 amide bonds. The first kappa shape index (κ1) is 18.0. The minimum absolute atomic E-state index is 0.871. The molecular formula is C24H24N4+2. The van der Waals surface area contributed by atoms with E-state index in [1.54, 1.807) is 12.4 Å². The van der Waals surface area contributed by atoms with Gasteiger partial charge in [0.15, 0.2) is 0 Å². The van der Waals surface area contributed by atoms with E-state index >= 15 is 0 Å². The number of aryl methyl sites for hydroxylation is 2. The summed E-state index contributed by atoms with van der Waals surface area (Å²) in [6, 6.07) is 25.2. The largest absolute Gasteiger partial charge is 0.313 e. The first-order chi connectivity index (χ1) is 13.7. The average Bonchev–Trinajstić information content (AvgIpc) is 2.71. The third-order valence-electron chi connectivity index (χ3n) is 4.78. The second kappa shape index (κ2) is 8.13. The van der Waals surface area contributed by atoms with Gasteiger partial charge >= 0.3 is 11.6 Å². The molecule has 0 aliphatic heterocycles. The zero-order chi connectivity index (χ0) is 19.3. The van der Waals surface area contributed by atoms with Crippen LogP contribution in [0.1, 0.15) is 11.1 Å². The van der Waals surface area contributed by atoms with Crippen molar-refractivity contribution in [3.8, 4) is 11.1 Å². The van der Waals surface area contributed by atoms with Gasteiger partial charge in [-0.3, -0.25) is 10.6 Å². The van der Waals surface area contributed by atoms with Crippen LogP contribution >= 0.6 is 0 Å². The Labute approximate surface area is 165 Å². The number of quaternary nitrogens is 2. The Kier molecular flexibility index (Phi) is 5.24. The van der Waals surface area contributed by atoms with Crippen LogP contribution in [0.25, 0.3) is 11.1 Å². The maximum Gasteiger partial charge on any atom is 0.313 e. The summed E-state index contributed by atoms with van der Waals surface area (Å²) in [6.07, 6.45) is 3.48. The summed E-state index contributed by atoms with van der Waals surface area (Å²) in [7, 11) is 0. The minimum atomic E-state index is 0.871. The summed E-state index contributed by atoms with van der Waals surface area (Å²) in [6.45, 7) is 4.33. The Morgan fingerprint density at radius 2 is 1.11 bits per heavy atom. The lowest BCUT2D eigenvalue weighted by Crippen LogP contribution is -2.79. The fourth-order valence-electron chi connectivity index (χ4n) is 3.59. The molecule has 0 radical (unpaired) electrons. The third-order valence-corrected chi connectivity index (χ3v) is 4.78. The molecule has 0 unspecified atom stereocenters. The van der Waals surface area contributed by atoms with Gasteiger partial charge in [-0.1, -0.05) is 48.5 Å². The molecule has 4 aromatic rings. The van der Waals surface area contributed by atoms with Crippen LogP contribution in [-0.4, -0.2) is 9.97 Å². The lowest BCUT2D eigenvalue weighted by atomic mass is 9.95. The monoisotopic (exact) mass is 368 g/mol. The van der Waals surface area contributed by atoms with Gasteiger partial charge in [0.25, 0.3) is 0 Å². The number of nitrogens with two attached hydrogens (primary N) is 2. The van der Waals surface area contributed by atoms with Crippen molar-refractivity contribution in [1.29, 1.82) is 0 Å². The van der Waals surface area contributed by atoms with Crippen LogP contribution in [0.4, 0.5) is 23.0 Å². The fraction of sp³-hybridized carbons (Fsp3) is 0.0833. The molecule has 4 heteroatoms. The van der Waals surface area contributed by atoms with Gasteiger partial charge < -0.3 is 0 Å². The first-order valence-electron chi connectivity index (χ1n) is 9.43. The molecule has 0 atom stereocenters. The lowest BCUT2D eigenvalue weighted by molar-refractivity contribution is -0.522. The summed E-state index contributed by atoms with van der Waals surface area (Å²) < 4.78 is 0. The van der Waals surface area contributed by atoms with E-state index in [2.05, 4.69) is 89.0 Å². The van der Waals surface area contributed by atoms with E-state index in [0.717, 1.165) is 23.0 Å². The number of hydrogen-bond acceptors (Lipinski definition) is 2. The number of para-hydroxylation sites is 1. The second-order valence-electron chi connectivity index (χ2n) is 6.92. The quantitative estimate of drug-likeness (QED) is 0.526. The molecule has 0 spiro atoms. The Morgan fingerprint density at radius 3 is 1.68 bits per heavy atom. The van der Waals surface area contributed by atoms with Crippen molar-refractivity contribution in [3.05, 3.63) is 96.3 Å². The number of nitrogens with zero attached hydrogens (tertiary/aromatic N) is 2. The highest BCUT2D eigenvalue weighted by molar-refractivity contribution is 5.72. The average molecular weight is 368 g/mol. The van der Waals surface area contributed by atoms with Gasteiger partial charge in [0.05, 0.1) is 12.4 Å². The van der Waals surface area contributed by atoms with Crippen molar-refractivity contribution in [1.82, 2.24) is 9.97 Å². The summed E-state index contributed by atoms with van der Waals surface area (Å²) in [5, 5.41) is 4.17. The van der Waals surface area contributed by atoms with Crippen LogP contribution in [0.5, 0.6) is 0 Å². The molecule has 1 heterocycles. The van der Waals surface area contributed by atoms with Gasteiger partial charge in [-0.15, -0.1) is 0 Å². The van der Waals surface area contributed by atoms with Crippen LogP contribution in [0.2, 0.25) is 0 Å². The molecule has 1 aromatic heterocycles. The Balaban J connectivity index is 1.64. The van der Waals surface area contributed by atoms with Crippen molar-refractivity contribution in [2.45, 2.75) is 13.8 Å². The van der Waals surface area contributed by atoms with Gasteiger partial charge in [-0.2, -0.15) is 9.97 Å². The van der Waals surface area contributed by atoms with E-state index in [0.29, 0.717) is 0 Å². The summed E-state index contributed by atoms with van der Waals surface area (Å²) >= 11 is 0. The predicted octanol–water partition coefficient (Wildman–Crippen LogP) is 3.81. The maximum absolute atomic E-state index is 4.56. The molecule has 0 saturated carbocycles. The molecule has 3 aromatic carbocycles. The van der Waals surface area contributed by atoms with Crippen LogP contribution in [0.15, 0.2) is 85.2 Å². The predicted molar refractivity (Wildman–Crippen MR) is 112 cm³/mol. The smallest absolute Gasteiger partial charge is 0.258 e. The maximum atomic E-state index is 4.56. The van der Waals surface area contributed by atoms with Crippen LogP contribution < -0.4 is 10.6 Å². The van der Waals surface area contributed by atoms with Crippen LogP contribution in [-0.2, 0) is 0 Å². The van der Waals surface area contributed by atoms with Gasteiger partial charge in [-0.25, -0.2) is 0 Å². The number of rotatable bonds is 5. The van der Waals surface area contributed by atoms with Crippen LogP contribution in [0.3, 0.4) is 0 Å². The Hall–Kier alpha value is -3.34. The third kappa shape index (κ3) is 3.98. The number of benzene rings is 3. The van der Waals surface area contributed by atoms with E-state index < -0.39 is 0 Å². The summed E-state index contributed by atoms with van der Waals surface area (Å²) in [5.74, 6) is 1.74. The van der Waals surface area contributed by atoms with Gasteiger partial charge in [0.2, 0.25) is 0 Å². The van der Waals surface area contributed by atoms with Crippen molar-refractivity contribution in [3.63, 3.8) is 0 Å². The summed E-state index contributed by atoms with van der Waals surface area (Å²) in [5.41, 5.74) is 7.32. The van der Waals surface area contributed by atoms with Crippen molar-refractivity contribution in [2.75, 3.05) is 0 Å². The second-order valence-corrected chi connectivity index (χ2v) is 6.92. The highest BCUT2D eigenvalue weighted by atomic mass is 15.1. The summed E-state index contributed by atoms with van der Waals surface area (Å²) in [4.78, 5) is 9.09. The van der Waals surface area contributed by atoms with Crippen molar-refractivity contribution >= 4 is 23.0 Å². The van der Waals surface area contributed by atoms with Crippen LogP contribution in [0, 0.1) is 13.8 Å². The molecule has 0 saturated heterocycles. The molecule has 0 aliphatic carbocycles. The van der Waals surface area contributed by atoms with E-state index in [9.17, 15) is 0 Å². The molecule has 0 aliphatic rings. The number of aromatic nitrogens is 2. The zero-order valence-corrected chi connectivity index (χ0v) is 16.1. The SMILES string of the molecule is Cc1cc([NH2+]c2nccnc2[NH2+]c2ccccc2)cc(C)c1-c1ccccc1.